The smallest absolute Gasteiger partial charge is 0.227 e. The van der Waals surface area contributed by atoms with Crippen molar-refractivity contribution in [3.8, 4) is 0 Å². The first-order valence-corrected chi connectivity index (χ1v) is 8.52. The molecule has 0 unspecified atom stereocenters. The van der Waals surface area contributed by atoms with Crippen LogP contribution in [0.1, 0.15) is 51.1 Å². The number of halogens is 1. The minimum Gasteiger partial charge on any atom is -0.349 e. The standard InChI is InChI=1S/C17H25BrN2O/c1-12-7-9-17(11-19,10-8-12)16(21)20-13(2)14-3-5-15(18)6-4-14/h3-6,12-13H,7-11,19H2,1-2H3,(H,20,21)/t12?,13-,17?/m0/s1. The lowest BCUT2D eigenvalue weighted by atomic mass is 9.70. The molecule has 1 aromatic carbocycles. The van der Waals surface area contributed by atoms with Gasteiger partial charge < -0.3 is 11.1 Å². The molecule has 0 aromatic heterocycles. The molecule has 1 aliphatic carbocycles. The molecule has 1 atom stereocenters. The fraction of sp³-hybridized carbons (Fsp3) is 0.588. The van der Waals surface area contributed by atoms with E-state index in [4.69, 9.17) is 5.73 Å². The number of carbonyl (C=O) groups is 1. The quantitative estimate of drug-likeness (QED) is 0.866. The minimum atomic E-state index is -0.365. The molecule has 116 valence electrons. The highest BCUT2D eigenvalue weighted by molar-refractivity contribution is 9.10. The molecular weight excluding hydrogens is 328 g/mol. The van der Waals surface area contributed by atoms with Gasteiger partial charge in [-0.1, -0.05) is 35.0 Å². The summed E-state index contributed by atoms with van der Waals surface area (Å²) in [5.74, 6) is 0.827. The second-order valence-corrected chi connectivity index (χ2v) is 7.33. The normalized spacial score (nSPS) is 27.1. The topological polar surface area (TPSA) is 55.1 Å². The van der Waals surface area contributed by atoms with E-state index in [1.165, 1.54) is 0 Å². The number of amides is 1. The first-order chi connectivity index (χ1) is 9.97. The van der Waals surface area contributed by atoms with E-state index in [0.717, 1.165) is 35.7 Å². The summed E-state index contributed by atoms with van der Waals surface area (Å²) < 4.78 is 1.05. The molecule has 1 aliphatic rings. The Bertz CT molecular complexity index is 478. The molecule has 3 N–H and O–H groups in total. The van der Waals surface area contributed by atoms with Gasteiger partial charge in [-0.15, -0.1) is 0 Å². The molecule has 1 saturated carbocycles. The number of rotatable bonds is 4. The van der Waals surface area contributed by atoms with E-state index in [1.54, 1.807) is 0 Å². The molecule has 0 bridgehead atoms. The van der Waals surface area contributed by atoms with E-state index < -0.39 is 0 Å². The van der Waals surface area contributed by atoms with Gasteiger partial charge in [0.2, 0.25) is 5.91 Å². The van der Waals surface area contributed by atoms with E-state index in [1.807, 2.05) is 31.2 Å². The van der Waals surface area contributed by atoms with Gasteiger partial charge in [0.25, 0.3) is 0 Å². The second-order valence-electron chi connectivity index (χ2n) is 6.41. The summed E-state index contributed by atoms with van der Waals surface area (Å²) in [5, 5.41) is 3.16. The highest BCUT2D eigenvalue weighted by atomic mass is 79.9. The van der Waals surface area contributed by atoms with Crippen molar-refractivity contribution in [2.24, 2.45) is 17.1 Å². The van der Waals surface area contributed by atoms with Crippen LogP contribution in [-0.4, -0.2) is 12.5 Å². The fourth-order valence-corrected chi connectivity index (χ4v) is 3.29. The maximum atomic E-state index is 12.7. The van der Waals surface area contributed by atoms with Gasteiger partial charge in [0.15, 0.2) is 0 Å². The fourth-order valence-electron chi connectivity index (χ4n) is 3.02. The Hall–Kier alpha value is -0.870. The Morgan fingerprint density at radius 1 is 1.38 bits per heavy atom. The number of hydrogen-bond acceptors (Lipinski definition) is 2. The van der Waals surface area contributed by atoms with Gasteiger partial charge in [0.05, 0.1) is 11.5 Å². The Kier molecular flexibility index (Phi) is 5.44. The lowest BCUT2D eigenvalue weighted by Gasteiger charge is -2.38. The zero-order chi connectivity index (χ0) is 15.5. The average molecular weight is 353 g/mol. The number of nitrogens with one attached hydrogen (secondary N) is 1. The van der Waals surface area contributed by atoms with Crippen LogP contribution in [0, 0.1) is 11.3 Å². The molecule has 0 radical (unpaired) electrons. The van der Waals surface area contributed by atoms with E-state index in [9.17, 15) is 4.79 Å². The monoisotopic (exact) mass is 352 g/mol. The molecule has 4 heteroatoms. The number of carbonyl (C=O) groups excluding carboxylic acids is 1. The largest absolute Gasteiger partial charge is 0.349 e. The molecular formula is C17H25BrN2O. The highest BCUT2D eigenvalue weighted by Crippen LogP contribution is 2.38. The molecule has 1 amide bonds. The molecule has 1 fully saturated rings. The number of hydrogen-bond donors (Lipinski definition) is 2. The van der Waals surface area contributed by atoms with Gasteiger partial charge in [0.1, 0.15) is 0 Å². The molecule has 0 heterocycles. The molecule has 1 aromatic rings. The lowest BCUT2D eigenvalue weighted by molar-refractivity contribution is -0.133. The molecule has 0 saturated heterocycles. The Balaban J connectivity index is 2.03. The number of benzene rings is 1. The predicted octanol–water partition coefficient (Wildman–Crippen LogP) is 3.78. The maximum Gasteiger partial charge on any atom is 0.227 e. The maximum absolute atomic E-state index is 12.7. The Labute approximate surface area is 135 Å². The van der Waals surface area contributed by atoms with Crippen molar-refractivity contribution >= 4 is 21.8 Å². The van der Waals surface area contributed by atoms with Crippen molar-refractivity contribution in [2.75, 3.05) is 6.54 Å². The van der Waals surface area contributed by atoms with Crippen molar-refractivity contribution < 1.29 is 4.79 Å². The van der Waals surface area contributed by atoms with Gasteiger partial charge in [-0.3, -0.25) is 4.79 Å². The summed E-state index contributed by atoms with van der Waals surface area (Å²) >= 11 is 3.43. The summed E-state index contributed by atoms with van der Waals surface area (Å²) in [7, 11) is 0. The number of nitrogens with two attached hydrogens (primary N) is 1. The van der Waals surface area contributed by atoms with Crippen LogP contribution in [0.25, 0.3) is 0 Å². The van der Waals surface area contributed by atoms with Crippen molar-refractivity contribution in [3.63, 3.8) is 0 Å². The molecule has 2 rings (SSSR count). The third kappa shape index (κ3) is 3.86. The summed E-state index contributed by atoms with van der Waals surface area (Å²) in [6.45, 7) is 4.72. The molecule has 21 heavy (non-hydrogen) atoms. The minimum absolute atomic E-state index is 0.00775. The van der Waals surface area contributed by atoms with Crippen molar-refractivity contribution in [1.82, 2.24) is 5.32 Å². The van der Waals surface area contributed by atoms with Crippen LogP contribution in [0.2, 0.25) is 0 Å². The SMILES string of the molecule is CC1CCC(CN)(C(=O)N[C@@H](C)c2ccc(Br)cc2)CC1. The first kappa shape index (κ1) is 16.5. The van der Waals surface area contributed by atoms with Crippen molar-refractivity contribution in [2.45, 2.75) is 45.6 Å². The van der Waals surface area contributed by atoms with Crippen molar-refractivity contribution in [1.29, 1.82) is 0 Å². The van der Waals surface area contributed by atoms with E-state index in [-0.39, 0.29) is 17.4 Å². The third-order valence-corrected chi connectivity index (χ3v) is 5.35. The van der Waals surface area contributed by atoms with Crippen LogP contribution in [-0.2, 0) is 4.79 Å². The Morgan fingerprint density at radius 2 is 1.95 bits per heavy atom. The third-order valence-electron chi connectivity index (χ3n) is 4.82. The molecule has 0 spiro atoms. The van der Waals surface area contributed by atoms with Crippen LogP contribution in [0.15, 0.2) is 28.7 Å². The first-order valence-electron chi connectivity index (χ1n) is 7.73. The van der Waals surface area contributed by atoms with Gasteiger partial charge >= 0.3 is 0 Å². The molecule has 0 aliphatic heterocycles. The van der Waals surface area contributed by atoms with E-state index >= 15 is 0 Å². The average Bonchev–Trinajstić information content (AvgIpc) is 2.49. The lowest BCUT2D eigenvalue weighted by Crippen LogP contribution is -2.48. The van der Waals surface area contributed by atoms with Gasteiger partial charge in [0, 0.05) is 11.0 Å². The Morgan fingerprint density at radius 3 is 2.48 bits per heavy atom. The van der Waals surface area contributed by atoms with E-state index in [0.29, 0.717) is 12.5 Å². The van der Waals surface area contributed by atoms with Crippen LogP contribution < -0.4 is 11.1 Å². The summed E-state index contributed by atoms with van der Waals surface area (Å²) in [6, 6.07) is 8.08. The zero-order valence-corrected chi connectivity index (χ0v) is 14.4. The van der Waals surface area contributed by atoms with Gasteiger partial charge in [-0.05, 0) is 56.2 Å². The summed E-state index contributed by atoms with van der Waals surface area (Å²) in [5.41, 5.74) is 6.70. The van der Waals surface area contributed by atoms with Gasteiger partial charge in [-0.2, -0.15) is 0 Å². The van der Waals surface area contributed by atoms with Crippen LogP contribution in [0.3, 0.4) is 0 Å². The summed E-state index contributed by atoms with van der Waals surface area (Å²) in [6.07, 6.45) is 4.00. The highest BCUT2D eigenvalue weighted by Gasteiger charge is 2.40. The van der Waals surface area contributed by atoms with E-state index in [2.05, 4.69) is 28.2 Å². The molecule has 3 nitrogen and oxygen atoms in total. The van der Waals surface area contributed by atoms with Gasteiger partial charge in [-0.25, -0.2) is 0 Å². The zero-order valence-electron chi connectivity index (χ0n) is 12.9. The van der Waals surface area contributed by atoms with Crippen LogP contribution >= 0.6 is 15.9 Å². The predicted molar refractivity (Wildman–Crippen MR) is 89.8 cm³/mol. The van der Waals surface area contributed by atoms with Crippen LogP contribution in [0.5, 0.6) is 0 Å². The van der Waals surface area contributed by atoms with Crippen molar-refractivity contribution in [3.05, 3.63) is 34.3 Å². The van der Waals surface area contributed by atoms with Crippen LogP contribution in [0.4, 0.5) is 0 Å². The second kappa shape index (κ2) is 6.93. The summed E-state index contributed by atoms with van der Waals surface area (Å²) in [4.78, 5) is 12.7.